The topological polar surface area (TPSA) is 78.3 Å². The smallest absolute Gasteiger partial charge is 0.234 e. The van der Waals surface area contributed by atoms with Crippen molar-refractivity contribution in [3.63, 3.8) is 0 Å². The second kappa shape index (κ2) is 10.5. The summed E-state index contributed by atoms with van der Waals surface area (Å²) in [6.07, 6.45) is 6.10. The van der Waals surface area contributed by atoms with Crippen molar-refractivity contribution in [1.82, 2.24) is 14.8 Å². The number of benzene rings is 1. The number of nitrogens with one attached hydrogen (secondary N) is 1. The first-order chi connectivity index (χ1) is 14.1. The van der Waals surface area contributed by atoms with Gasteiger partial charge in [0.25, 0.3) is 0 Å². The zero-order chi connectivity index (χ0) is 20.6. The number of hydrogen-bond acceptors (Lipinski definition) is 6. The van der Waals surface area contributed by atoms with E-state index in [9.17, 15) is 4.79 Å². The van der Waals surface area contributed by atoms with E-state index in [1.807, 2.05) is 32.9 Å². The fourth-order valence-electron chi connectivity index (χ4n) is 3.66. The lowest BCUT2D eigenvalue weighted by molar-refractivity contribution is -0.113. The van der Waals surface area contributed by atoms with Crippen LogP contribution in [-0.2, 0) is 4.79 Å². The van der Waals surface area contributed by atoms with E-state index in [1.165, 1.54) is 31.0 Å². The van der Waals surface area contributed by atoms with Crippen molar-refractivity contribution in [2.45, 2.75) is 64.1 Å². The summed E-state index contributed by atoms with van der Waals surface area (Å²) in [4.78, 5) is 12.5. The average molecular weight is 419 g/mol. The number of ether oxygens (including phenoxy) is 2. The first-order valence-corrected chi connectivity index (χ1v) is 11.3. The second-order valence-electron chi connectivity index (χ2n) is 7.06. The molecule has 3 rings (SSSR count). The molecule has 0 radical (unpaired) electrons. The lowest BCUT2D eigenvalue weighted by atomic mass is 9.95. The van der Waals surface area contributed by atoms with Crippen LogP contribution >= 0.6 is 11.8 Å². The Balaban J connectivity index is 1.61. The van der Waals surface area contributed by atoms with E-state index in [-0.39, 0.29) is 11.7 Å². The number of carbonyl (C=O) groups excluding carboxylic acids is 1. The van der Waals surface area contributed by atoms with Crippen LogP contribution in [0.3, 0.4) is 0 Å². The van der Waals surface area contributed by atoms with Crippen LogP contribution in [0.1, 0.15) is 57.8 Å². The Morgan fingerprint density at radius 1 is 1.14 bits per heavy atom. The molecule has 8 heteroatoms. The van der Waals surface area contributed by atoms with E-state index in [1.54, 1.807) is 6.07 Å². The summed E-state index contributed by atoms with van der Waals surface area (Å²) in [5, 5.41) is 12.3. The Bertz CT molecular complexity index is 818. The van der Waals surface area contributed by atoms with Crippen molar-refractivity contribution in [1.29, 1.82) is 0 Å². The Kier molecular flexibility index (Phi) is 7.80. The Morgan fingerprint density at radius 2 is 1.86 bits per heavy atom. The van der Waals surface area contributed by atoms with Gasteiger partial charge in [0, 0.05) is 17.8 Å². The molecule has 0 aliphatic heterocycles. The normalized spacial score (nSPS) is 14.6. The number of nitrogens with zero attached hydrogens (tertiary/aromatic N) is 3. The molecule has 0 spiro atoms. The fourth-order valence-corrected chi connectivity index (χ4v) is 4.52. The highest BCUT2D eigenvalue weighted by atomic mass is 32.2. The van der Waals surface area contributed by atoms with Crippen LogP contribution in [0.15, 0.2) is 23.4 Å². The number of aryl methyl sites for hydroxylation is 1. The second-order valence-corrected chi connectivity index (χ2v) is 8.00. The number of carbonyl (C=O) groups is 1. The molecule has 1 aromatic heterocycles. The van der Waals surface area contributed by atoms with E-state index in [0.29, 0.717) is 36.4 Å². The van der Waals surface area contributed by atoms with Gasteiger partial charge in [0.15, 0.2) is 16.7 Å². The molecular formula is C21H30N4O3S. The summed E-state index contributed by atoms with van der Waals surface area (Å²) in [7, 11) is 0. The van der Waals surface area contributed by atoms with Crippen molar-refractivity contribution >= 4 is 23.4 Å². The standard InChI is InChI=1S/C21H30N4O3S/c1-4-27-18-12-11-16(13-19(18)28-5-2)22-20(26)14-29-21-24-23-15(3)25(21)17-9-7-6-8-10-17/h11-13,17H,4-10,14H2,1-3H3,(H,22,26). The van der Waals surface area contributed by atoms with Crippen LogP contribution in [0.4, 0.5) is 5.69 Å². The predicted molar refractivity (Wildman–Crippen MR) is 115 cm³/mol. The van der Waals surface area contributed by atoms with Gasteiger partial charge >= 0.3 is 0 Å². The molecule has 29 heavy (non-hydrogen) atoms. The third-order valence-electron chi connectivity index (χ3n) is 4.93. The molecule has 1 amide bonds. The van der Waals surface area contributed by atoms with Crippen LogP contribution in [-0.4, -0.2) is 39.6 Å². The van der Waals surface area contributed by atoms with Gasteiger partial charge in [0.2, 0.25) is 5.91 Å². The number of thioether (sulfide) groups is 1. The molecule has 7 nitrogen and oxygen atoms in total. The van der Waals surface area contributed by atoms with E-state index in [4.69, 9.17) is 9.47 Å². The largest absolute Gasteiger partial charge is 0.490 e. The van der Waals surface area contributed by atoms with E-state index < -0.39 is 0 Å². The predicted octanol–water partition coefficient (Wildman–Crippen LogP) is 4.62. The van der Waals surface area contributed by atoms with Gasteiger partial charge < -0.3 is 19.4 Å². The average Bonchev–Trinajstić information content (AvgIpc) is 3.10. The third-order valence-corrected chi connectivity index (χ3v) is 5.88. The molecule has 2 aromatic rings. The first kappa shape index (κ1) is 21.5. The molecule has 0 atom stereocenters. The molecule has 0 bridgehead atoms. The molecule has 1 fully saturated rings. The monoisotopic (exact) mass is 418 g/mol. The number of aromatic nitrogens is 3. The third kappa shape index (κ3) is 5.65. The molecule has 0 unspecified atom stereocenters. The number of hydrogen-bond donors (Lipinski definition) is 1. The Labute approximate surface area is 176 Å². The highest BCUT2D eigenvalue weighted by Gasteiger charge is 2.21. The van der Waals surface area contributed by atoms with Crippen molar-refractivity contribution < 1.29 is 14.3 Å². The lowest BCUT2D eigenvalue weighted by Crippen LogP contribution is -2.17. The zero-order valence-electron chi connectivity index (χ0n) is 17.4. The Morgan fingerprint density at radius 3 is 2.59 bits per heavy atom. The number of anilines is 1. The van der Waals surface area contributed by atoms with Gasteiger partial charge in [0.1, 0.15) is 5.82 Å². The van der Waals surface area contributed by atoms with Crippen LogP contribution in [0.2, 0.25) is 0 Å². The summed E-state index contributed by atoms with van der Waals surface area (Å²) >= 11 is 1.44. The lowest BCUT2D eigenvalue weighted by Gasteiger charge is -2.24. The van der Waals surface area contributed by atoms with Crippen LogP contribution in [0.25, 0.3) is 0 Å². The van der Waals surface area contributed by atoms with Gasteiger partial charge in [-0.2, -0.15) is 0 Å². The molecule has 0 saturated heterocycles. The number of amides is 1. The molecule has 1 aliphatic carbocycles. The molecule has 1 heterocycles. The van der Waals surface area contributed by atoms with Gasteiger partial charge in [-0.1, -0.05) is 31.0 Å². The van der Waals surface area contributed by atoms with E-state index in [0.717, 1.165) is 23.8 Å². The van der Waals surface area contributed by atoms with Gasteiger partial charge in [0.05, 0.1) is 19.0 Å². The van der Waals surface area contributed by atoms with E-state index in [2.05, 4.69) is 20.1 Å². The maximum atomic E-state index is 12.5. The number of rotatable bonds is 9. The Hall–Kier alpha value is -2.22. The van der Waals surface area contributed by atoms with E-state index >= 15 is 0 Å². The van der Waals surface area contributed by atoms with Gasteiger partial charge in [-0.25, -0.2) is 0 Å². The summed E-state index contributed by atoms with van der Waals surface area (Å²) < 4.78 is 13.4. The van der Waals surface area contributed by atoms with Gasteiger partial charge in [-0.15, -0.1) is 10.2 Å². The summed E-state index contributed by atoms with van der Waals surface area (Å²) in [6.45, 7) is 6.92. The molecule has 1 N–H and O–H groups in total. The minimum atomic E-state index is -0.0857. The fraction of sp³-hybridized carbons (Fsp3) is 0.571. The minimum Gasteiger partial charge on any atom is -0.490 e. The van der Waals surface area contributed by atoms with Crippen LogP contribution < -0.4 is 14.8 Å². The quantitative estimate of drug-likeness (QED) is 0.599. The molecule has 1 aliphatic rings. The van der Waals surface area contributed by atoms with Crippen molar-refractivity contribution in [3.8, 4) is 11.5 Å². The van der Waals surface area contributed by atoms with Crippen molar-refractivity contribution in [2.75, 3.05) is 24.3 Å². The van der Waals surface area contributed by atoms with Crippen LogP contribution in [0, 0.1) is 6.92 Å². The highest BCUT2D eigenvalue weighted by Crippen LogP contribution is 2.33. The summed E-state index contributed by atoms with van der Waals surface area (Å²) in [6, 6.07) is 5.89. The van der Waals surface area contributed by atoms with Gasteiger partial charge in [-0.3, -0.25) is 4.79 Å². The van der Waals surface area contributed by atoms with Crippen LogP contribution in [0.5, 0.6) is 11.5 Å². The molecule has 1 aromatic carbocycles. The van der Waals surface area contributed by atoms with Crippen molar-refractivity contribution in [3.05, 3.63) is 24.0 Å². The molecule has 158 valence electrons. The van der Waals surface area contributed by atoms with Crippen molar-refractivity contribution in [2.24, 2.45) is 0 Å². The maximum Gasteiger partial charge on any atom is 0.234 e. The zero-order valence-corrected chi connectivity index (χ0v) is 18.3. The SMILES string of the molecule is CCOc1ccc(NC(=O)CSc2nnc(C)n2C2CCCCC2)cc1OCC. The van der Waals surface area contributed by atoms with Gasteiger partial charge in [-0.05, 0) is 45.7 Å². The molecular weight excluding hydrogens is 388 g/mol. The minimum absolute atomic E-state index is 0.0857. The molecule has 1 saturated carbocycles. The maximum absolute atomic E-state index is 12.5. The summed E-state index contributed by atoms with van der Waals surface area (Å²) in [5.41, 5.74) is 0.687. The highest BCUT2D eigenvalue weighted by molar-refractivity contribution is 7.99. The summed E-state index contributed by atoms with van der Waals surface area (Å²) in [5.74, 6) is 2.43. The first-order valence-electron chi connectivity index (χ1n) is 10.4.